The molecule has 0 amide bonds. The third-order valence-electron chi connectivity index (χ3n) is 9.30. The van der Waals surface area contributed by atoms with E-state index in [0.717, 1.165) is 16.7 Å². The number of ether oxygens (including phenoxy) is 3. The van der Waals surface area contributed by atoms with Gasteiger partial charge in [-0.3, -0.25) is 14.4 Å². The number of hydrazine groups is 2. The maximum Gasteiger partial charge on any atom is 0.313 e. The Balaban J connectivity index is 1.73. The fraction of sp³-hybridized carbons (Fsp3) is 0.417. The number of benzene rings is 3. The molecule has 1 fully saturated rings. The summed E-state index contributed by atoms with van der Waals surface area (Å²) in [6.07, 6.45) is 0. The predicted molar refractivity (Wildman–Crippen MR) is 171 cm³/mol. The van der Waals surface area contributed by atoms with Gasteiger partial charge in [0.05, 0.1) is 16.2 Å². The van der Waals surface area contributed by atoms with E-state index in [4.69, 9.17) is 14.2 Å². The van der Waals surface area contributed by atoms with Gasteiger partial charge in [-0.05, 0) is 58.2 Å². The molecule has 0 aromatic heterocycles. The van der Waals surface area contributed by atoms with Crippen LogP contribution in [0.2, 0.25) is 0 Å². The van der Waals surface area contributed by atoms with Crippen molar-refractivity contribution in [2.75, 3.05) is 6.54 Å². The Morgan fingerprint density at radius 1 is 0.622 bits per heavy atom. The van der Waals surface area contributed by atoms with Gasteiger partial charge in [-0.1, -0.05) is 91.0 Å². The molecule has 9 heteroatoms. The Bertz CT molecular complexity index is 1370. The highest BCUT2D eigenvalue weighted by molar-refractivity contribution is 5.84. The van der Waals surface area contributed by atoms with E-state index in [2.05, 4.69) is 16.4 Å². The highest BCUT2D eigenvalue weighted by Crippen LogP contribution is 2.59. The van der Waals surface area contributed by atoms with Gasteiger partial charge in [0, 0.05) is 18.0 Å². The van der Waals surface area contributed by atoms with Gasteiger partial charge in [-0.15, -0.1) is 0 Å². The molecule has 1 heterocycles. The Hall–Kier alpha value is -4.05. The Morgan fingerprint density at radius 3 is 1.36 bits per heavy atom. The third kappa shape index (κ3) is 6.96. The Morgan fingerprint density at radius 2 is 0.978 bits per heavy atom. The van der Waals surface area contributed by atoms with Crippen LogP contribution in [0.3, 0.4) is 0 Å². The summed E-state index contributed by atoms with van der Waals surface area (Å²) in [5.41, 5.74) is 6.61. The molecule has 4 rings (SSSR count). The summed E-state index contributed by atoms with van der Waals surface area (Å²) in [5.74, 6) is -1.52. The van der Waals surface area contributed by atoms with Crippen LogP contribution in [-0.2, 0) is 48.4 Å². The summed E-state index contributed by atoms with van der Waals surface area (Å²) >= 11 is 0. The van der Waals surface area contributed by atoms with Gasteiger partial charge in [-0.2, -0.15) is 5.53 Å². The van der Waals surface area contributed by atoms with Crippen LogP contribution < -0.4 is 16.4 Å². The number of hydrogen-bond acceptors (Lipinski definition) is 9. The van der Waals surface area contributed by atoms with Crippen molar-refractivity contribution >= 4 is 17.9 Å². The maximum atomic E-state index is 14.2. The number of hydrogen-bond donors (Lipinski definition) is 3. The molecule has 0 radical (unpaired) electrons. The van der Waals surface area contributed by atoms with Crippen LogP contribution in [-0.4, -0.2) is 30.5 Å². The van der Waals surface area contributed by atoms with E-state index in [1.807, 2.05) is 91.0 Å². The number of esters is 3. The standard InChI is InChI=1S/C36H45N3O6/c1-33(2,30(40)43-22-26-16-10-7-11-17-26)29-36(25-37-39-38-29,34(3,4)31(41)44-23-27-18-12-8-13-19-27)35(5,6)32(42)45-24-28-20-14-9-15-21-28/h7-21,29,37-39H,22-25H2,1-6H3. The summed E-state index contributed by atoms with van der Waals surface area (Å²) < 4.78 is 17.7. The van der Waals surface area contributed by atoms with Gasteiger partial charge in [-0.25, -0.2) is 10.9 Å². The first kappa shape index (κ1) is 33.8. The molecule has 1 saturated heterocycles. The lowest BCUT2D eigenvalue weighted by molar-refractivity contribution is -0.205. The molecule has 1 unspecified atom stereocenters. The zero-order valence-electron chi connectivity index (χ0n) is 27.0. The largest absolute Gasteiger partial charge is 0.460 e. The third-order valence-corrected chi connectivity index (χ3v) is 9.30. The van der Waals surface area contributed by atoms with Gasteiger partial charge in [0.1, 0.15) is 19.8 Å². The van der Waals surface area contributed by atoms with Crippen molar-refractivity contribution in [1.29, 1.82) is 0 Å². The summed E-state index contributed by atoms with van der Waals surface area (Å²) in [4.78, 5) is 42.3. The zero-order chi connectivity index (χ0) is 32.7. The van der Waals surface area contributed by atoms with Crippen molar-refractivity contribution in [3.63, 3.8) is 0 Å². The van der Waals surface area contributed by atoms with Crippen molar-refractivity contribution < 1.29 is 28.6 Å². The number of nitrogens with one attached hydrogen (secondary N) is 3. The number of rotatable bonds is 12. The van der Waals surface area contributed by atoms with Crippen LogP contribution in [0.1, 0.15) is 58.2 Å². The molecular weight excluding hydrogens is 570 g/mol. The Kier molecular flexibility index (Phi) is 10.5. The topological polar surface area (TPSA) is 115 Å². The molecule has 3 N–H and O–H groups in total. The van der Waals surface area contributed by atoms with Crippen molar-refractivity contribution in [2.45, 2.75) is 67.4 Å². The zero-order valence-corrected chi connectivity index (χ0v) is 27.0. The van der Waals surface area contributed by atoms with Crippen LogP contribution >= 0.6 is 0 Å². The summed E-state index contributed by atoms with van der Waals surface area (Å²) in [7, 11) is 0. The van der Waals surface area contributed by atoms with Crippen molar-refractivity contribution in [1.82, 2.24) is 16.4 Å². The normalized spacial score (nSPS) is 16.8. The molecule has 1 aliphatic rings. The van der Waals surface area contributed by atoms with Crippen LogP contribution in [0.15, 0.2) is 91.0 Å². The molecule has 3 aromatic carbocycles. The number of carbonyl (C=O) groups excluding carboxylic acids is 3. The van der Waals surface area contributed by atoms with E-state index in [1.54, 1.807) is 41.5 Å². The van der Waals surface area contributed by atoms with E-state index in [-0.39, 0.29) is 26.4 Å². The molecule has 3 aromatic rings. The predicted octanol–water partition coefficient (Wildman–Crippen LogP) is 5.26. The summed E-state index contributed by atoms with van der Waals surface area (Å²) in [5, 5.41) is 0. The minimum absolute atomic E-state index is 0.0599. The van der Waals surface area contributed by atoms with Gasteiger partial charge >= 0.3 is 17.9 Å². The molecule has 0 bridgehead atoms. The lowest BCUT2D eigenvalue weighted by atomic mass is 9.46. The Labute approximate surface area is 266 Å². The van der Waals surface area contributed by atoms with Crippen LogP contribution in [0.5, 0.6) is 0 Å². The second-order valence-corrected chi connectivity index (χ2v) is 13.2. The molecule has 9 nitrogen and oxygen atoms in total. The monoisotopic (exact) mass is 615 g/mol. The lowest BCUT2D eigenvalue weighted by Crippen LogP contribution is -2.79. The van der Waals surface area contributed by atoms with Gasteiger partial charge in [0.25, 0.3) is 0 Å². The highest BCUT2D eigenvalue weighted by Gasteiger charge is 2.70. The quantitative estimate of drug-likeness (QED) is 0.185. The minimum Gasteiger partial charge on any atom is -0.460 e. The maximum absolute atomic E-state index is 14.2. The van der Waals surface area contributed by atoms with E-state index in [0.29, 0.717) is 0 Å². The molecular formula is C36H45N3O6. The van der Waals surface area contributed by atoms with E-state index in [1.165, 1.54) is 0 Å². The average molecular weight is 616 g/mol. The molecule has 45 heavy (non-hydrogen) atoms. The summed E-state index contributed by atoms with van der Waals surface area (Å²) in [6, 6.07) is 27.4. The van der Waals surface area contributed by atoms with E-state index in [9.17, 15) is 14.4 Å². The molecule has 1 aliphatic heterocycles. The first-order valence-electron chi connectivity index (χ1n) is 15.2. The first-order chi connectivity index (χ1) is 21.3. The van der Waals surface area contributed by atoms with Gasteiger partial charge in [0.2, 0.25) is 0 Å². The smallest absolute Gasteiger partial charge is 0.313 e. The highest BCUT2D eigenvalue weighted by atomic mass is 16.5. The average Bonchev–Trinajstić information content (AvgIpc) is 3.06. The number of carbonyl (C=O) groups is 3. The van der Waals surface area contributed by atoms with Crippen LogP contribution in [0.4, 0.5) is 0 Å². The van der Waals surface area contributed by atoms with Crippen molar-refractivity contribution in [2.24, 2.45) is 21.7 Å². The SMILES string of the molecule is CC(C)(C(=O)OCc1ccccc1)C1NNNCC1(C(C)(C)C(=O)OCc1ccccc1)C(C)(C)C(=O)OCc1ccccc1. The first-order valence-corrected chi connectivity index (χ1v) is 15.2. The molecule has 0 aliphatic carbocycles. The lowest BCUT2D eigenvalue weighted by Gasteiger charge is -2.61. The van der Waals surface area contributed by atoms with E-state index < -0.39 is 45.6 Å². The molecule has 1 atom stereocenters. The van der Waals surface area contributed by atoms with Crippen LogP contribution in [0, 0.1) is 21.7 Å². The molecule has 0 spiro atoms. The fourth-order valence-corrected chi connectivity index (χ4v) is 6.47. The second-order valence-electron chi connectivity index (χ2n) is 13.2. The minimum atomic E-state index is -1.33. The fourth-order valence-electron chi connectivity index (χ4n) is 6.47. The summed E-state index contributed by atoms with van der Waals surface area (Å²) in [6.45, 7) is 10.9. The van der Waals surface area contributed by atoms with Crippen molar-refractivity contribution in [3.8, 4) is 0 Å². The molecule has 0 saturated carbocycles. The second kappa shape index (κ2) is 13.9. The van der Waals surface area contributed by atoms with Gasteiger partial charge < -0.3 is 14.2 Å². The van der Waals surface area contributed by atoms with Crippen molar-refractivity contribution in [3.05, 3.63) is 108 Å². The molecule has 240 valence electrons. The van der Waals surface area contributed by atoms with E-state index >= 15 is 0 Å². The van der Waals surface area contributed by atoms with Gasteiger partial charge in [0.15, 0.2) is 0 Å². The van der Waals surface area contributed by atoms with Crippen LogP contribution in [0.25, 0.3) is 0 Å².